The van der Waals surface area contributed by atoms with Gasteiger partial charge in [0.15, 0.2) is 0 Å². The Morgan fingerprint density at radius 3 is 2.09 bits per heavy atom. The first-order valence-corrected chi connectivity index (χ1v) is 3.59. The summed E-state index contributed by atoms with van der Waals surface area (Å²) in [5, 5.41) is 27.4. The number of rotatable bonds is 0. The van der Waals surface area contributed by atoms with Crippen molar-refractivity contribution in [2.24, 2.45) is 11.5 Å². The van der Waals surface area contributed by atoms with Gasteiger partial charge in [-0.05, 0) is 6.42 Å². The van der Waals surface area contributed by atoms with Gasteiger partial charge in [0.1, 0.15) is 6.10 Å². The SMILES string of the molecule is N[C@H]1[C@H](O)[C@@H](O)[C@@H](O)C[C@@H]1N. The third-order valence-electron chi connectivity index (χ3n) is 2.15. The van der Waals surface area contributed by atoms with Crippen LogP contribution in [0.2, 0.25) is 0 Å². The van der Waals surface area contributed by atoms with Gasteiger partial charge in [0.05, 0.1) is 12.2 Å². The first kappa shape index (κ1) is 8.89. The Labute approximate surface area is 64.6 Å². The Morgan fingerprint density at radius 2 is 1.55 bits per heavy atom. The van der Waals surface area contributed by atoms with Gasteiger partial charge < -0.3 is 26.8 Å². The van der Waals surface area contributed by atoms with Crippen LogP contribution in [0.5, 0.6) is 0 Å². The fraction of sp³-hybridized carbons (Fsp3) is 1.00. The number of nitrogens with two attached hydrogens (primary N) is 2. The fourth-order valence-corrected chi connectivity index (χ4v) is 1.28. The van der Waals surface area contributed by atoms with Crippen LogP contribution in [0.25, 0.3) is 0 Å². The van der Waals surface area contributed by atoms with E-state index >= 15 is 0 Å². The molecule has 0 bridgehead atoms. The van der Waals surface area contributed by atoms with Crippen LogP contribution in [0, 0.1) is 0 Å². The van der Waals surface area contributed by atoms with Gasteiger partial charge >= 0.3 is 0 Å². The van der Waals surface area contributed by atoms with Crippen LogP contribution in [-0.2, 0) is 0 Å². The molecule has 0 aromatic rings. The van der Waals surface area contributed by atoms with Crippen molar-refractivity contribution in [1.82, 2.24) is 0 Å². The van der Waals surface area contributed by atoms with E-state index < -0.39 is 30.4 Å². The summed E-state index contributed by atoms with van der Waals surface area (Å²) in [6.07, 6.45) is -3.00. The number of hydrogen-bond acceptors (Lipinski definition) is 5. The minimum Gasteiger partial charge on any atom is -0.390 e. The summed E-state index contributed by atoms with van der Waals surface area (Å²) >= 11 is 0. The average molecular weight is 162 g/mol. The summed E-state index contributed by atoms with van der Waals surface area (Å²) in [5.41, 5.74) is 10.9. The number of hydrogen-bond donors (Lipinski definition) is 5. The second kappa shape index (κ2) is 3.04. The lowest BCUT2D eigenvalue weighted by Gasteiger charge is -2.37. The van der Waals surface area contributed by atoms with Crippen molar-refractivity contribution in [3.8, 4) is 0 Å². The maximum absolute atomic E-state index is 9.17. The Kier molecular flexibility index (Phi) is 2.46. The lowest BCUT2D eigenvalue weighted by molar-refractivity contribution is -0.0976. The van der Waals surface area contributed by atoms with E-state index in [4.69, 9.17) is 21.7 Å². The molecule has 0 aromatic carbocycles. The molecule has 1 aliphatic carbocycles. The molecule has 0 unspecified atom stereocenters. The number of aliphatic hydroxyl groups is 3. The molecular weight excluding hydrogens is 148 g/mol. The summed E-state index contributed by atoms with van der Waals surface area (Å²) in [6.45, 7) is 0. The van der Waals surface area contributed by atoms with Gasteiger partial charge in [-0.1, -0.05) is 0 Å². The van der Waals surface area contributed by atoms with Crippen molar-refractivity contribution >= 4 is 0 Å². The minimum absolute atomic E-state index is 0.236. The highest BCUT2D eigenvalue weighted by Crippen LogP contribution is 2.17. The van der Waals surface area contributed by atoms with Crippen molar-refractivity contribution in [3.05, 3.63) is 0 Å². The molecule has 0 aromatic heterocycles. The molecule has 1 saturated carbocycles. The Hall–Kier alpha value is -0.200. The maximum atomic E-state index is 9.17. The van der Waals surface area contributed by atoms with Crippen LogP contribution >= 0.6 is 0 Å². The van der Waals surface area contributed by atoms with E-state index in [-0.39, 0.29) is 6.42 Å². The molecule has 5 heteroatoms. The standard InChI is InChI=1S/C6H14N2O3/c7-2-1-3(9)5(10)6(11)4(2)8/h2-6,9-11H,1,7-8H2/t2-,3-,4+,5-,6-/m0/s1. The van der Waals surface area contributed by atoms with Crippen molar-refractivity contribution in [1.29, 1.82) is 0 Å². The highest BCUT2D eigenvalue weighted by Gasteiger charge is 2.38. The molecule has 5 nitrogen and oxygen atoms in total. The first-order valence-electron chi connectivity index (χ1n) is 3.59. The predicted octanol–water partition coefficient (Wildman–Crippen LogP) is -2.87. The van der Waals surface area contributed by atoms with Crippen LogP contribution in [0.4, 0.5) is 0 Å². The van der Waals surface area contributed by atoms with E-state index in [2.05, 4.69) is 0 Å². The Morgan fingerprint density at radius 1 is 1.00 bits per heavy atom. The quantitative estimate of drug-likeness (QED) is 0.263. The lowest BCUT2D eigenvalue weighted by atomic mass is 9.85. The van der Waals surface area contributed by atoms with Crippen molar-refractivity contribution in [3.63, 3.8) is 0 Å². The first-order chi connectivity index (χ1) is 5.04. The van der Waals surface area contributed by atoms with Crippen molar-refractivity contribution < 1.29 is 15.3 Å². The molecule has 0 saturated heterocycles. The van der Waals surface area contributed by atoms with Gasteiger partial charge in [0.25, 0.3) is 0 Å². The van der Waals surface area contributed by atoms with E-state index in [0.717, 1.165) is 0 Å². The van der Waals surface area contributed by atoms with E-state index in [1.807, 2.05) is 0 Å². The zero-order chi connectivity index (χ0) is 8.59. The van der Waals surface area contributed by atoms with Gasteiger partial charge in [-0.25, -0.2) is 0 Å². The van der Waals surface area contributed by atoms with E-state index in [1.54, 1.807) is 0 Å². The van der Waals surface area contributed by atoms with Crippen LogP contribution in [0.15, 0.2) is 0 Å². The molecule has 5 atom stereocenters. The molecule has 1 rings (SSSR count). The van der Waals surface area contributed by atoms with Crippen LogP contribution in [0.1, 0.15) is 6.42 Å². The topological polar surface area (TPSA) is 113 Å². The fourth-order valence-electron chi connectivity index (χ4n) is 1.28. The van der Waals surface area contributed by atoms with Gasteiger partial charge in [-0.3, -0.25) is 0 Å². The van der Waals surface area contributed by atoms with Crippen LogP contribution < -0.4 is 11.5 Å². The lowest BCUT2D eigenvalue weighted by Crippen LogP contribution is -2.62. The van der Waals surface area contributed by atoms with Crippen LogP contribution in [0.3, 0.4) is 0 Å². The van der Waals surface area contributed by atoms with E-state index in [0.29, 0.717) is 0 Å². The highest BCUT2D eigenvalue weighted by atomic mass is 16.4. The van der Waals surface area contributed by atoms with Gasteiger partial charge in [-0.15, -0.1) is 0 Å². The van der Waals surface area contributed by atoms with Gasteiger partial charge in [-0.2, -0.15) is 0 Å². The molecule has 7 N–H and O–H groups in total. The second-order valence-electron chi connectivity index (χ2n) is 3.03. The zero-order valence-corrected chi connectivity index (χ0v) is 6.09. The number of aliphatic hydroxyl groups excluding tert-OH is 3. The summed E-state index contributed by atoms with van der Waals surface area (Å²) < 4.78 is 0. The molecule has 0 spiro atoms. The predicted molar refractivity (Wildman–Crippen MR) is 38.6 cm³/mol. The second-order valence-corrected chi connectivity index (χ2v) is 3.03. The molecule has 1 aliphatic rings. The smallest absolute Gasteiger partial charge is 0.107 e. The van der Waals surface area contributed by atoms with E-state index in [1.165, 1.54) is 0 Å². The third-order valence-corrected chi connectivity index (χ3v) is 2.15. The van der Waals surface area contributed by atoms with Crippen molar-refractivity contribution in [2.45, 2.75) is 36.8 Å². The largest absolute Gasteiger partial charge is 0.390 e. The average Bonchev–Trinajstić information content (AvgIpc) is 1.97. The highest BCUT2D eigenvalue weighted by molar-refractivity contribution is 4.96. The summed E-state index contributed by atoms with van der Waals surface area (Å²) in [7, 11) is 0. The molecule has 0 heterocycles. The zero-order valence-electron chi connectivity index (χ0n) is 6.09. The molecule has 0 aliphatic heterocycles. The molecule has 66 valence electrons. The molecule has 0 radical (unpaired) electrons. The molecular formula is C6H14N2O3. The molecule has 1 fully saturated rings. The van der Waals surface area contributed by atoms with Crippen molar-refractivity contribution in [2.75, 3.05) is 0 Å². The maximum Gasteiger partial charge on any atom is 0.107 e. The van der Waals surface area contributed by atoms with Gasteiger partial charge in [0.2, 0.25) is 0 Å². The van der Waals surface area contributed by atoms with E-state index in [9.17, 15) is 5.11 Å². The van der Waals surface area contributed by atoms with Gasteiger partial charge in [0, 0.05) is 12.1 Å². The molecule has 11 heavy (non-hydrogen) atoms. The third kappa shape index (κ3) is 1.52. The summed E-state index contributed by atoms with van der Waals surface area (Å²) in [5.74, 6) is 0. The normalized spacial score (nSPS) is 52.6. The summed E-state index contributed by atoms with van der Waals surface area (Å²) in [4.78, 5) is 0. The Balaban J connectivity index is 2.63. The Bertz CT molecular complexity index is 130. The van der Waals surface area contributed by atoms with Crippen LogP contribution in [-0.4, -0.2) is 45.7 Å². The minimum atomic E-state index is -1.16. The summed E-state index contributed by atoms with van der Waals surface area (Å²) in [6, 6.07) is -1.09. The molecule has 0 amide bonds. The monoisotopic (exact) mass is 162 g/mol.